The van der Waals surface area contributed by atoms with E-state index in [4.69, 9.17) is 4.74 Å². The van der Waals surface area contributed by atoms with E-state index in [9.17, 15) is 9.59 Å². The smallest absolute Gasteiger partial charge is 0.302 e. The van der Waals surface area contributed by atoms with Crippen LogP contribution in [-0.4, -0.2) is 17.9 Å². The number of carbonyl (C=O) groups is 2. The fourth-order valence-corrected chi connectivity index (χ4v) is 8.65. The second kappa shape index (κ2) is 6.71. The molecule has 0 aromatic carbocycles. The van der Waals surface area contributed by atoms with Gasteiger partial charge >= 0.3 is 5.97 Å². The lowest BCUT2D eigenvalue weighted by Crippen LogP contribution is -2.51. The highest BCUT2D eigenvalue weighted by molar-refractivity contribution is 5.80. The van der Waals surface area contributed by atoms with E-state index in [1.54, 1.807) is 11.1 Å². The van der Waals surface area contributed by atoms with Gasteiger partial charge in [-0.05, 0) is 86.9 Å². The Kier molecular flexibility index (Phi) is 4.83. The summed E-state index contributed by atoms with van der Waals surface area (Å²) in [6.07, 6.45) is 7.96. The first kappa shape index (κ1) is 20.2. The van der Waals surface area contributed by atoms with E-state index in [0.717, 1.165) is 25.2 Å². The van der Waals surface area contributed by atoms with Gasteiger partial charge in [0.1, 0.15) is 11.9 Å². The lowest BCUT2D eigenvalue weighted by molar-refractivity contribution is -0.149. The Morgan fingerprint density at radius 2 is 1.75 bits per heavy atom. The molecule has 0 radical (unpaired) electrons. The van der Waals surface area contributed by atoms with Gasteiger partial charge in [-0.3, -0.25) is 9.59 Å². The third kappa shape index (κ3) is 2.82. The SMILES string of the molecule is CC(=O)OC1CCC2(C)C(=C(C)CC3C2CCC2(C)C3CC(C)C2C(C)=O)C1. The first-order valence-corrected chi connectivity index (χ1v) is 11.4. The maximum Gasteiger partial charge on any atom is 0.302 e. The van der Waals surface area contributed by atoms with Gasteiger partial charge in [0.2, 0.25) is 0 Å². The summed E-state index contributed by atoms with van der Waals surface area (Å²) in [7, 11) is 0. The molecule has 4 aliphatic rings. The van der Waals surface area contributed by atoms with E-state index in [-0.39, 0.29) is 28.8 Å². The Hall–Kier alpha value is -1.12. The van der Waals surface area contributed by atoms with Gasteiger partial charge < -0.3 is 4.74 Å². The van der Waals surface area contributed by atoms with Crippen molar-refractivity contribution < 1.29 is 14.3 Å². The van der Waals surface area contributed by atoms with Crippen LogP contribution in [0.25, 0.3) is 0 Å². The first-order chi connectivity index (χ1) is 13.1. The van der Waals surface area contributed by atoms with Crippen LogP contribution in [0.4, 0.5) is 0 Å². The van der Waals surface area contributed by atoms with Gasteiger partial charge in [-0.15, -0.1) is 0 Å². The number of hydrogen-bond acceptors (Lipinski definition) is 3. The predicted molar refractivity (Wildman–Crippen MR) is 111 cm³/mol. The Bertz CT molecular complexity index is 721. The first-order valence-electron chi connectivity index (χ1n) is 11.4. The average molecular weight is 387 g/mol. The summed E-state index contributed by atoms with van der Waals surface area (Å²) in [4.78, 5) is 24.0. The minimum absolute atomic E-state index is 0.0644. The summed E-state index contributed by atoms with van der Waals surface area (Å²) in [5.74, 6) is 3.14. The highest BCUT2D eigenvalue weighted by atomic mass is 16.5. The lowest BCUT2D eigenvalue weighted by atomic mass is 9.46. The van der Waals surface area contributed by atoms with Crippen LogP contribution in [0.15, 0.2) is 11.1 Å². The Labute approximate surface area is 170 Å². The van der Waals surface area contributed by atoms with Gasteiger partial charge in [0, 0.05) is 19.3 Å². The zero-order valence-electron chi connectivity index (χ0n) is 18.6. The van der Waals surface area contributed by atoms with Gasteiger partial charge in [-0.2, -0.15) is 0 Å². The number of ketones is 1. The lowest BCUT2D eigenvalue weighted by Gasteiger charge is -2.59. The quantitative estimate of drug-likeness (QED) is 0.450. The third-order valence-electron chi connectivity index (χ3n) is 9.53. The van der Waals surface area contributed by atoms with Crippen molar-refractivity contribution in [2.45, 2.75) is 92.6 Å². The van der Waals surface area contributed by atoms with Crippen LogP contribution in [-0.2, 0) is 14.3 Å². The molecular weight excluding hydrogens is 348 g/mol. The standard InChI is InChI=1S/C25H38O3/c1-14-11-19-20(24(5)9-7-18(13-21(14)24)28-17(4)27)8-10-25(6)22(19)12-15(2)23(25)16(3)26/h15,18-20,22-23H,7-13H2,1-6H3. The molecular formula is C25H38O3. The molecule has 0 aliphatic heterocycles. The molecule has 4 aliphatic carbocycles. The molecule has 3 saturated carbocycles. The van der Waals surface area contributed by atoms with Crippen molar-refractivity contribution in [2.24, 2.45) is 40.4 Å². The number of carbonyl (C=O) groups excluding carboxylic acids is 2. The predicted octanol–water partition coefficient (Wildman–Crippen LogP) is 5.72. The molecule has 0 heterocycles. The summed E-state index contributed by atoms with van der Waals surface area (Å²) < 4.78 is 5.60. The molecule has 3 fully saturated rings. The van der Waals surface area contributed by atoms with Crippen molar-refractivity contribution in [3.63, 3.8) is 0 Å². The summed E-state index contributed by atoms with van der Waals surface area (Å²) in [6.45, 7) is 12.9. The summed E-state index contributed by atoms with van der Waals surface area (Å²) in [5, 5.41) is 0. The molecule has 4 rings (SSSR count). The number of Topliss-reactive ketones (excluding diaryl/α,β-unsaturated/α-hetero) is 1. The maximum atomic E-state index is 12.5. The second-order valence-corrected chi connectivity index (χ2v) is 11.1. The fourth-order valence-electron chi connectivity index (χ4n) is 8.65. The Morgan fingerprint density at radius 3 is 2.39 bits per heavy atom. The van der Waals surface area contributed by atoms with E-state index in [1.807, 2.05) is 6.92 Å². The Balaban J connectivity index is 1.66. The largest absolute Gasteiger partial charge is 0.462 e. The maximum absolute atomic E-state index is 12.5. The third-order valence-corrected chi connectivity index (χ3v) is 9.53. The average Bonchev–Trinajstić information content (AvgIpc) is 2.86. The van der Waals surface area contributed by atoms with Gasteiger partial charge in [0.25, 0.3) is 0 Å². The van der Waals surface area contributed by atoms with E-state index in [1.165, 1.54) is 32.6 Å². The van der Waals surface area contributed by atoms with Crippen molar-refractivity contribution in [1.82, 2.24) is 0 Å². The number of allylic oxidation sites excluding steroid dienone is 1. The van der Waals surface area contributed by atoms with Gasteiger partial charge in [0.15, 0.2) is 0 Å². The van der Waals surface area contributed by atoms with E-state index >= 15 is 0 Å². The number of ether oxygens (including phenoxy) is 1. The topological polar surface area (TPSA) is 43.4 Å². The molecule has 8 atom stereocenters. The van der Waals surface area contributed by atoms with E-state index < -0.39 is 0 Å². The molecule has 0 N–H and O–H groups in total. The number of rotatable bonds is 2. The van der Waals surface area contributed by atoms with Crippen LogP contribution in [0.1, 0.15) is 86.5 Å². The summed E-state index contributed by atoms with van der Waals surface area (Å²) in [5.41, 5.74) is 3.57. The number of hydrogen-bond donors (Lipinski definition) is 0. The summed E-state index contributed by atoms with van der Waals surface area (Å²) in [6, 6.07) is 0. The van der Waals surface area contributed by atoms with Crippen LogP contribution in [0.3, 0.4) is 0 Å². The van der Waals surface area contributed by atoms with Crippen LogP contribution in [0, 0.1) is 40.4 Å². The number of esters is 1. The molecule has 0 spiro atoms. The number of fused-ring (bicyclic) bond motifs is 5. The zero-order chi connectivity index (χ0) is 20.4. The zero-order valence-corrected chi connectivity index (χ0v) is 18.6. The van der Waals surface area contributed by atoms with Crippen molar-refractivity contribution in [2.75, 3.05) is 0 Å². The van der Waals surface area contributed by atoms with Crippen molar-refractivity contribution in [1.29, 1.82) is 0 Å². The molecule has 156 valence electrons. The van der Waals surface area contributed by atoms with Crippen molar-refractivity contribution in [3.05, 3.63) is 11.1 Å². The van der Waals surface area contributed by atoms with Gasteiger partial charge in [0.05, 0.1) is 0 Å². The monoisotopic (exact) mass is 386 g/mol. The van der Waals surface area contributed by atoms with Crippen LogP contribution in [0.5, 0.6) is 0 Å². The van der Waals surface area contributed by atoms with E-state index in [0.29, 0.717) is 23.5 Å². The van der Waals surface area contributed by atoms with Crippen LogP contribution >= 0.6 is 0 Å². The summed E-state index contributed by atoms with van der Waals surface area (Å²) >= 11 is 0. The van der Waals surface area contributed by atoms with E-state index in [2.05, 4.69) is 27.7 Å². The minimum Gasteiger partial charge on any atom is -0.462 e. The van der Waals surface area contributed by atoms with Crippen LogP contribution in [0.2, 0.25) is 0 Å². The Morgan fingerprint density at radius 1 is 1.04 bits per heavy atom. The molecule has 3 heteroatoms. The molecule has 3 nitrogen and oxygen atoms in total. The molecule has 0 aromatic rings. The molecule has 0 saturated heterocycles. The highest BCUT2D eigenvalue weighted by Gasteiger charge is 2.61. The molecule has 0 bridgehead atoms. The molecule has 28 heavy (non-hydrogen) atoms. The van der Waals surface area contributed by atoms with Gasteiger partial charge in [-0.1, -0.05) is 31.9 Å². The molecule has 0 aromatic heterocycles. The highest BCUT2D eigenvalue weighted by Crippen LogP contribution is 2.68. The molecule has 8 unspecified atom stereocenters. The second-order valence-electron chi connectivity index (χ2n) is 11.1. The van der Waals surface area contributed by atoms with Gasteiger partial charge in [-0.25, -0.2) is 0 Å². The minimum atomic E-state index is -0.149. The van der Waals surface area contributed by atoms with Crippen molar-refractivity contribution in [3.8, 4) is 0 Å². The molecule has 0 amide bonds. The fraction of sp³-hybridized carbons (Fsp3) is 0.840. The normalized spacial score (nSPS) is 47.8. The van der Waals surface area contributed by atoms with Crippen LogP contribution < -0.4 is 0 Å². The van der Waals surface area contributed by atoms with Crippen molar-refractivity contribution >= 4 is 11.8 Å².